The Morgan fingerprint density at radius 2 is 2.00 bits per heavy atom. The summed E-state index contributed by atoms with van der Waals surface area (Å²) in [4.78, 5) is 0. The highest BCUT2D eigenvalue weighted by Crippen LogP contribution is 2.22. The van der Waals surface area contributed by atoms with Crippen molar-refractivity contribution >= 4 is 5.65 Å². The summed E-state index contributed by atoms with van der Waals surface area (Å²) in [6.07, 6.45) is 1.95. The maximum absolute atomic E-state index is 5.21. The second-order valence-corrected chi connectivity index (χ2v) is 3.68. The standard InChI is InChI=1S/C13H11N3O/c1-17-11-6-4-5-10(9-11)13-15-14-12-7-2-3-8-16(12)13/h2-9H,1H3. The number of benzene rings is 1. The van der Waals surface area contributed by atoms with Crippen molar-refractivity contribution in [3.05, 3.63) is 48.7 Å². The van der Waals surface area contributed by atoms with Crippen LogP contribution in [0.25, 0.3) is 17.0 Å². The summed E-state index contributed by atoms with van der Waals surface area (Å²) in [5, 5.41) is 8.32. The topological polar surface area (TPSA) is 39.4 Å². The van der Waals surface area contributed by atoms with Crippen LogP contribution in [0.4, 0.5) is 0 Å². The van der Waals surface area contributed by atoms with Crippen LogP contribution in [-0.4, -0.2) is 21.7 Å². The van der Waals surface area contributed by atoms with E-state index in [0.29, 0.717) is 0 Å². The highest BCUT2D eigenvalue weighted by molar-refractivity contribution is 5.61. The molecule has 2 heterocycles. The van der Waals surface area contributed by atoms with Crippen LogP contribution < -0.4 is 4.74 Å². The van der Waals surface area contributed by atoms with Crippen molar-refractivity contribution in [2.45, 2.75) is 0 Å². The number of hydrogen-bond acceptors (Lipinski definition) is 3. The molecule has 1 aromatic carbocycles. The predicted molar refractivity (Wildman–Crippen MR) is 65.0 cm³/mol. The molecule has 2 aromatic heterocycles. The predicted octanol–water partition coefficient (Wildman–Crippen LogP) is 2.40. The minimum absolute atomic E-state index is 0.815. The fraction of sp³-hybridized carbons (Fsp3) is 0.0769. The Morgan fingerprint density at radius 3 is 2.88 bits per heavy atom. The number of methoxy groups -OCH3 is 1. The molecule has 17 heavy (non-hydrogen) atoms. The van der Waals surface area contributed by atoms with Crippen LogP contribution in [0.5, 0.6) is 5.75 Å². The van der Waals surface area contributed by atoms with E-state index in [4.69, 9.17) is 4.74 Å². The van der Waals surface area contributed by atoms with Crippen molar-refractivity contribution in [3.8, 4) is 17.1 Å². The molecule has 0 saturated carbocycles. The number of pyridine rings is 1. The van der Waals surface area contributed by atoms with Gasteiger partial charge in [-0.15, -0.1) is 10.2 Å². The number of nitrogens with zero attached hydrogens (tertiary/aromatic N) is 3. The molecule has 0 spiro atoms. The highest BCUT2D eigenvalue weighted by Gasteiger charge is 2.07. The first-order chi connectivity index (χ1) is 8.38. The zero-order chi connectivity index (χ0) is 11.7. The molecule has 0 bridgehead atoms. The van der Waals surface area contributed by atoms with Crippen LogP contribution in [0.15, 0.2) is 48.7 Å². The van der Waals surface area contributed by atoms with Crippen LogP contribution in [0, 0.1) is 0 Å². The Balaban J connectivity index is 2.20. The number of aromatic nitrogens is 3. The molecule has 3 rings (SSSR count). The summed E-state index contributed by atoms with van der Waals surface area (Å²) in [5.74, 6) is 1.63. The lowest BCUT2D eigenvalue weighted by molar-refractivity contribution is 0.415. The molecule has 4 nitrogen and oxygen atoms in total. The Labute approximate surface area is 98.5 Å². The first-order valence-electron chi connectivity index (χ1n) is 5.33. The summed E-state index contributed by atoms with van der Waals surface area (Å²) in [6, 6.07) is 13.6. The minimum atomic E-state index is 0.815. The van der Waals surface area contributed by atoms with Gasteiger partial charge in [0.2, 0.25) is 0 Å². The van der Waals surface area contributed by atoms with Gasteiger partial charge in [-0.05, 0) is 24.3 Å². The summed E-state index contributed by atoms with van der Waals surface area (Å²) in [6.45, 7) is 0. The van der Waals surface area contributed by atoms with E-state index in [9.17, 15) is 0 Å². The molecule has 0 fully saturated rings. The molecule has 4 heteroatoms. The van der Waals surface area contributed by atoms with Gasteiger partial charge in [-0.3, -0.25) is 4.40 Å². The van der Waals surface area contributed by atoms with Crippen LogP contribution in [0.1, 0.15) is 0 Å². The van der Waals surface area contributed by atoms with Crippen molar-refractivity contribution < 1.29 is 4.74 Å². The Hall–Kier alpha value is -2.36. The van der Waals surface area contributed by atoms with Crippen LogP contribution >= 0.6 is 0 Å². The fourth-order valence-electron chi connectivity index (χ4n) is 1.80. The molecule has 0 aliphatic heterocycles. The highest BCUT2D eigenvalue weighted by atomic mass is 16.5. The third-order valence-electron chi connectivity index (χ3n) is 2.64. The number of ether oxygens (including phenoxy) is 1. The van der Waals surface area contributed by atoms with Crippen molar-refractivity contribution in [2.75, 3.05) is 7.11 Å². The molecule has 0 N–H and O–H groups in total. The van der Waals surface area contributed by atoms with Gasteiger partial charge in [0.1, 0.15) is 5.75 Å². The lowest BCUT2D eigenvalue weighted by atomic mass is 10.2. The molecule has 0 radical (unpaired) electrons. The van der Waals surface area contributed by atoms with E-state index in [1.165, 1.54) is 0 Å². The van der Waals surface area contributed by atoms with E-state index >= 15 is 0 Å². The van der Waals surface area contributed by atoms with Gasteiger partial charge in [-0.1, -0.05) is 18.2 Å². The summed E-state index contributed by atoms with van der Waals surface area (Å²) in [5.41, 5.74) is 1.83. The average Bonchev–Trinajstić information content (AvgIpc) is 2.82. The van der Waals surface area contributed by atoms with Gasteiger partial charge in [0.15, 0.2) is 11.5 Å². The van der Waals surface area contributed by atoms with Gasteiger partial charge < -0.3 is 4.74 Å². The molecule has 0 saturated heterocycles. The summed E-state index contributed by atoms with van der Waals surface area (Å²) < 4.78 is 7.16. The van der Waals surface area contributed by atoms with Gasteiger partial charge in [0.05, 0.1) is 7.11 Å². The molecule has 0 unspecified atom stereocenters. The zero-order valence-electron chi connectivity index (χ0n) is 9.37. The van der Waals surface area contributed by atoms with Gasteiger partial charge in [-0.25, -0.2) is 0 Å². The third kappa shape index (κ3) is 1.63. The van der Waals surface area contributed by atoms with Crippen LogP contribution in [0.2, 0.25) is 0 Å². The summed E-state index contributed by atoms with van der Waals surface area (Å²) in [7, 11) is 1.65. The van der Waals surface area contributed by atoms with Crippen LogP contribution in [-0.2, 0) is 0 Å². The fourth-order valence-corrected chi connectivity index (χ4v) is 1.80. The van der Waals surface area contributed by atoms with E-state index in [1.54, 1.807) is 7.11 Å². The molecular weight excluding hydrogens is 214 g/mol. The summed E-state index contributed by atoms with van der Waals surface area (Å²) >= 11 is 0. The molecule has 0 aliphatic carbocycles. The molecule has 0 atom stereocenters. The lowest BCUT2D eigenvalue weighted by Crippen LogP contribution is -1.89. The monoisotopic (exact) mass is 225 g/mol. The molecule has 0 amide bonds. The van der Waals surface area contributed by atoms with E-state index in [2.05, 4.69) is 10.2 Å². The number of hydrogen-bond donors (Lipinski definition) is 0. The van der Waals surface area contributed by atoms with Gasteiger partial charge in [0, 0.05) is 11.8 Å². The molecule has 84 valence electrons. The molecular formula is C13H11N3O. The van der Waals surface area contributed by atoms with E-state index in [-0.39, 0.29) is 0 Å². The SMILES string of the molecule is COc1cccc(-c2nnc3ccccn23)c1. The smallest absolute Gasteiger partial charge is 0.168 e. The first-order valence-corrected chi connectivity index (χ1v) is 5.33. The lowest BCUT2D eigenvalue weighted by Gasteiger charge is -2.02. The Bertz CT molecular complexity index is 660. The maximum Gasteiger partial charge on any atom is 0.168 e. The van der Waals surface area contributed by atoms with Gasteiger partial charge in [-0.2, -0.15) is 0 Å². The quantitative estimate of drug-likeness (QED) is 0.672. The third-order valence-corrected chi connectivity index (χ3v) is 2.64. The Kier molecular flexibility index (Phi) is 2.26. The molecule has 0 aliphatic rings. The minimum Gasteiger partial charge on any atom is -0.497 e. The second kappa shape index (κ2) is 3.90. The van der Waals surface area contributed by atoms with Crippen LogP contribution in [0.3, 0.4) is 0 Å². The Morgan fingerprint density at radius 1 is 1.06 bits per heavy atom. The largest absolute Gasteiger partial charge is 0.497 e. The number of fused-ring (bicyclic) bond motifs is 1. The van der Waals surface area contributed by atoms with Crippen molar-refractivity contribution in [1.82, 2.24) is 14.6 Å². The normalized spacial score (nSPS) is 10.6. The second-order valence-electron chi connectivity index (χ2n) is 3.68. The van der Waals surface area contributed by atoms with Gasteiger partial charge in [0.25, 0.3) is 0 Å². The van der Waals surface area contributed by atoms with E-state index in [1.807, 2.05) is 53.1 Å². The van der Waals surface area contributed by atoms with E-state index < -0.39 is 0 Å². The van der Waals surface area contributed by atoms with Crippen molar-refractivity contribution in [1.29, 1.82) is 0 Å². The maximum atomic E-state index is 5.21. The first kappa shape index (κ1) is 9.84. The number of rotatable bonds is 2. The average molecular weight is 225 g/mol. The zero-order valence-corrected chi connectivity index (χ0v) is 9.37. The van der Waals surface area contributed by atoms with Crippen molar-refractivity contribution in [3.63, 3.8) is 0 Å². The van der Waals surface area contributed by atoms with Gasteiger partial charge >= 0.3 is 0 Å². The molecule has 3 aromatic rings. The van der Waals surface area contributed by atoms with E-state index in [0.717, 1.165) is 22.8 Å². The van der Waals surface area contributed by atoms with Crippen molar-refractivity contribution in [2.24, 2.45) is 0 Å².